The second-order valence-electron chi connectivity index (χ2n) is 8.09. The maximum Gasteiger partial charge on any atom is 0.118 e. The van der Waals surface area contributed by atoms with Gasteiger partial charge in [0, 0.05) is 6.61 Å². The molecule has 0 saturated heterocycles. The first-order chi connectivity index (χ1) is 16.2. The van der Waals surface area contributed by atoms with Crippen LogP contribution in [0.3, 0.4) is 0 Å². The Morgan fingerprint density at radius 3 is 1.88 bits per heavy atom. The van der Waals surface area contributed by atoms with Gasteiger partial charge in [-0.05, 0) is 73.4 Å². The Hall–Kier alpha value is -2.34. The van der Waals surface area contributed by atoms with Crippen molar-refractivity contribution >= 4 is 0 Å². The Morgan fingerprint density at radius 2 is 1.39 bits per heavy atom. The highest BCUT2D eigenvalue weighted by molar-refractivity contribution is 5.27. The van der Waals surface area contributed by atoms with E-state index in [-0.39, 0.29) is 6.61 Å². The first-order valence-electron chi connectivity index (χ1n) is 11.9. The molecule has 0 amide bonds. The maximum atomic E-state index is 9.28. The van der Waals surface area contributed by atoms with Crippen LogP contribution in [0.2, 0.25) is 0 Å². The van der Waals surface area contributed by atoms with Gasteiger partial charge in [-0.25, -0.2) is 0 Å². The highest BCUT2D eigenvalue weighted by Gasteiger charge is 2.12. The smallest absolute Gasteiger partial charge is 0.118 e. The standard InChI is InChI=1S/C28H40O5/c1-4-25(7-5-18-29)26(17-20-33-22-24-11-15-28(31-3)16-12-24)8-6-19-32-21-23-9-13-27(30-2)14-10-23/h8-16,25,29H,4-7,17-22H2,1-3H3/b26-8+. The van der Waals surface area contributed by atoms with Gasteiger partial charge >= 0.3 is 0 Å². The lowest BCUT2D eigenvalue weighted by molar-refractivity contribution is 0.120. The molecule has 0 aliphatic rings. The molecule has 1 N–H and O–H groups in total. The van der Waals surface area contributed by atoms with Crippen LogP contribution in [0.4, 0.5) is 0 Å². The van der Waals surface area contributed by atoms with E-state index in [0.717, 1.165) is 54.7 Å². The quantitative estimate of drug-likeness (QED) is 0.236. The van der Waals surface area contributed by atoms with Crippen molar-refractivity contribution < 1.29 is 24.1 Å². The average molecular weight is 457 g/mol. The highest BCUT2D eigenvalue weighted by Crippen LogP contribution is 2.25. The van der Waals surface area contributed by atoms with E-state index in [1.807, 2.05) is 48.5 Å². The number of aliphatic hydroxyl groups excluding tert-OH is 1. The molecule has 2 aromatic rings. The van der Waals surface area contributed by atoms with Crippen molar-refractivity contribution in [1.29, 1.82) is 0 Å². The summed E-state index contributed by atoms with van der Waals surface area (Å²) in [5.41, 5.74) is 3.69. The van der Waals surface area contributed by atoms with E-state index < -0.39 is 0 Å². The summed E-state index contributed by atoms with van der Waals surface area (Å²) in [5.74, 6) is 2.19. The second kappa shape index (κ2) is 16.3. The van der Waals surface area contributed by atoms with Gasteiger partial charge < -0.3 is 24.1 Å². The summed E-state index contributed by atoms with van der Waals surface area (Å²) in [6.07, 6.45) is 6.99. The molecule has 0 spiro atoms. The SMILES string of the molecule is CCC(CCCO)/C(=C/CCOCc1ccc(OC)cc1)CCOCc1ccc(OC)cc1. The molecule has 5 heteroatoms. The fourth-order valence-electron chi connectivity index (χ4n) is 3.80. The third-order valence-electron chi connectivity index (χ3n) is 5.79. The third-order valence-corrected chi connectivity index (χ3v) is 5.79. The summed E-state index contributed by atoms with van der Waals surface area (Å²) in [4.78, 5) is 0. The van der Waals surface area contributed by atoms with Gasteiger partial charge in [0.15, 0.2) is 0 Å². The lowest BCUT2D eigenvalue weighted by atomic mass is 9.89. The van der Waals surface area contributed by atoms with Crippen LogP contribution in [0.5, 0.6) is 11.5 Å². The van der Waals surface area contributed by atoms with E-state index in [1.54, 1.807) is 14.2 Å². The Kier molecular flexibility index (Phi) is 13.3. The van der Waals surface area contributed by atoms with Crippen molar-refractivity contribution in [3.05, 3.63) is 71.3 Å². The van der Waals surface area contributed by atoms with Crippen LogP contribution < -0.4 is 9.47 Å². The molecular formula is C28H40O5. The Balaban J connectivity index is 1.81. The van der Waals surface area contributed by atoms with E-state index in [1.165, 1.54) is 5.57 Å². The van der Waals surface area contributed by atoms with E-state index in [2.05, 4.69) is 13.0 Å². The lowest BCUT2D eigenvalue weighted by Gasteiger charge is -2.19. The number of methoxy groups -OCH3 is 2. The minimum absolute atomic E-state index is 0.239. The number of ether oxygens (including phenoxy) is 4. The van der Waals surface area contributed by atoms with Crippen LogP contribution in [0, 0.1) is 5.92 Å². The zero-order valence-corrected chi connectivity index (χ0v) is 20.4. The highest BCUT2D eigenvalue weighted by atomic mass is 16.5. The molecule has 1 atom stereocenters. The summed E-state index contributed by atoms with van der Waals surface area (Å²) in [5, 5.41) is 9.28. The Labute approximate surface area is 199 Å². The maximum absolute atomic E-state index is 9.28. The van der Waals surface area contributed by atoms with Crippen LogP contribution >= 0.6 is 0 Å². The monoisotopic (exact) mass is 456 g/mol. The zero-order valence-electron chi connectivity index (χ0n) is 20.4. The van der Waals surface area contributed by atoms with Crippen molar-refractivity contribution in [3.63, 3.8) is 0 Å². The molecule has 2 rings (SSSR count). The summed E-state index contributed by atoms with van der Waals surface area (Å²) in [6, 6.07) is 15.9. The van der Waals surface area contributed by atoms with Gasteiger partial charge in [0.05, 0.1) is 40.6 Å². The largest absolute Gasteiger partial charge is 0.497 e. The minimum atomic E-state index is 0.239. The molecule has 1 unspecified atom stereocenters. The Bertz CT molecular complexity index is 783. The zero-order chi connectivity index (χ0) is 23.7. The predicted molar refractivity (Wildman–Crippen MR) is 133 cm³/mol. The Morgan fingerprint density at radius 1 is 0.848 bits per heavy atom. The van der Waals surface area contributed by atoms with Crippen molar-refractivity contribution in [2.24, 2.45) is 5.92 Å². The third kappa shape index (κ3) is 10.4. The fourth-order valence-corrected chi connectivity index (χ4v) is 3.80. The molecule has 182 valence electrons. The molecule has 0 bridgehead atoms. The van der Waals surface area contributed by atoms with Crippen molar-refractivity contribution in [3.8, 4) is 11.5 Å². The molecule has 5 nitrogen and oxygen atoms in total. The van der Waals surface area contributed by atoms with Gasteiger partial charge in [-0.3, -0.25) is 0 Å². The number of hydrogen-bond donors (Lipinski definition) is 1. The van der Waals surface area contributed by atoms with E-state index >= 15 is 0 Å². The van der Waals surface area contributed by atoms with Crippen molar-refractivity contribution in [1.82, 2.24) is 0 Å². The first kappa shape index (κ1) is 26.9. The minimum Gasteiger partial charge on any atom is -0.497 e. The van der Waals surface area contributed by atoms with Gasteiger partial charge in [-0.2, -0.15) is 0 Å². The van der Waals surface area contributed by atoms with Gasteiger partial charge in [-0.1, -0.05) is 42.8 Å². The predicted octanol–water partition coefficient (Wildman–Crippen LogP) is 5.94. The number of hydrogen-bond acceptors (Lipinski definition) is 5. The number of rotatable bonds is 17. The summed E-state index contributed by atoms with van der Waals surface area (Å²) >= 11 is 0. The molecule has 0 saturated carbocycles. The van der Waals surface area contributed by atoms with Gasteiger partial charge in [-0.15, -0.1) is 0 Å². The second-order valence-corrected chi connectivity index (χ2v) is 8.09. The fraction of sp³-hybridized carbons (Fsp3) is 0.500. The molecule has 0 aromatic heterocycles. The first-order valence-corrected chi connectivity index (χ1v) is 11.9. The van der Waals surface area contributed by atoms with Crippen LogP contribution in [0.1, 0.15) is 50.2 Å². The van der Waals surface area contributed by atoms with Crippen molar-refractivity contribution in [2.45, 2.75) is 52.2 Å². The number of aliphatic hydroxyl groups is 1. The summed E-state index contributed by atoms with van der Waals surface area (Å²) in [7, 11) is 3.34. The topological polar surface area (TPSA) is 57.2 Å². The molecular weight excluding hydrogens is 416 g/mol. The molecule has 0 aliphatic carbocycles. The van der Waals surface area contributed by atoms with Gasteiger partial charge in [0.1, 0.15) is 11.5 Å². The molecule has 0 fully saturated rings. The number of benzene rings is 2. The molecule has 0 heterocycles. The normalized spacial score (nSPS) is 12.5. The summed E-state index contributed by atoms with van der Waals surface area (Å²) < 4.78 is 22.2. The molecule has 33 heavy (non-hydrogen) atoms. The average Bonchev–Trinajstić information content (AvgIpc) is 2.86. The summed E-state index contributed by atoms with van der Waals surface area (Å²) in [6.45, 7) is 5.01. The van der Waals surface area contributed by atoms with Crippen LogP contribution in [-0.2, 0) is 22.7 Å². The van der Waals surface area contributed by atoms with Gasteiger partial charge in [0.2, 0.25) is 0 Å². The molecule has 2 aromatic carbocycles. The van der Waals surface area contributed by atoms with Crippen LogP contribution in [-0.4, -0.2) is 39.1 Å². The van der Waals surface area contributed by atoms with E-state index in [0.29, 0.717) is 32.3 Å². The molecule has 0 aliphatic heterocycles. The van der Waals surface area contributed by atoms with E-state index in [9.17, 15) is 5.11 Å². The van der Waals surface area contributed by atoms with E-state index in [4.69, 9.17) is 18.9 Å². The lowest BCUT2D eigenvalue weighted by Crippen LogP contribution is -2.08. The molecule has 0 radical (unpaired) electrons. The van der Waals surface area contributed by atoms with Crippen LogP contribution in [0.15, 0.2) is 60.2 Å². The van der Waals surface area contributed by atoms with Crippen molar-refractivity contribution in [2.75, 3.05) is 34.0 Å². The van der Waals surface area contributed by atoms with Gasteiger partial charge in [0.25, 0.3) is 0 Å². The van der Waals surface area contributed by atoms with Crippen LogP contribution in [0.25, 0.3) is 0 Å².